The molecule has 0 bridgehead atoms. The van der Waals surface area contributed by atoms with Crippen LogP contribution in [-0.4, -0.2) is 32.9 Å². The molecule has 0 amide bonds. The number of hydrogen-bond donors (Lipinski definition) is 1. The number of rotatable bonds is 4. The predicted octanol–water partition coefficient (Wildman–Crippen LogP) is 4.41. The number of allylic oxidation sites excluding steroid dienone is 3. The maximum Gasteiger partial charge on any atom is 0.164 e. The van der Waals surface area contributed by atoms with Crippen molar-refractivity contribution in [3.05, 3.63) is 70.2 Å². The molecule has 0 radical (unpaired) electrons. The average molecular weight is 485 g/mol. The number of ketones is 1. The smallest absolute Gasteiger partial charge is 0.164 e. The van der Waals surface area contributed by atoms with Gasteiger partial charge in [-0.1, -0.05) is 26.0 Å². The number of methoxy groups -OCH3 is 3. The summed E-state index contributed by atoms with van der Waals surface area (Å²) in [5.74, 6) is 1.50. The first kappa shape index (κ1) is 23.5. The number of anilines is 1. The highest BCUT2D eigenvalue weighted by atomic mass is 16.5. The Morgan fingerprint density at radius 2 is 1.72 bits per heavy atom. The molecule has 0 saturated carbocycles. The van der Waals surface area contributed by atoms with Gasteiger partial charge in [0.1, 0.15) is 11.6 Å². The zero-order valence-electron chi connectivity index (χ0n) is 21.0. The summed E-state index contributed by atoms with van der Waals surface area (Å²) in [6.07, 6.45) is 0.999. The lowest BCUT2D eigenvalue weighted by molar-refractivity contribution is -0.118. The Hall–Kier alpha value is -4.25. The topological polar surface area (TPSA) is 110 Å². The fraction of sp³-hybridized carbons (Fsp3) is 0.321. The standard InChI is InChI=1S/C28H28N4O4/c1-28(2)12-19-25(20(33)13-28)24(16-10-22(35-4)23(36-5)11-21(16)34-3)17(14-29)27-31-26(30)15-8-6-7-9-18(15)32(19)27/h6-11,24H,12-13H2,1-5H3,(H2,30,31). The molecule has 1 atom stereocenters. The van der Waals surface area contributed by atoms with Crippen molar-refractivity contribution in [1.29, 1.82) is 5.26 Å². The minimum atomic E-state index is -0.698. The van der Waals surface area contributed by atoms with Crippen LogP contribution in [0.1, 0.15) is 43.7 Å². The number of carbonyl (C=O) groups excluding carboxylic acids is 1. The number of nitriles is 1. The SMILES string of the molecule is COc1cc(OC)c(C2C(C#N)=C3N=C(N)c4ccccc4N3C3=C2C(=O)CC(C)(C)C3)cc1OC. The van der Waals surface area contributed by atoms with Crippen molar-refractivity contribution in [3.8, 4) is 23.3 Å². The van der Waals surface area contributed by atoms with E-state index in [0.29, 0.717) is 58.5 Å². The molecule has 36 heavy (non-hydrogen) atoms. The van der Waals surface area contributed by atoms with Crippen LogP contribution < -0.4 is 24.8 Å². The van der Waals surface area contributed by atoms with Crippen LogP contribution in [0.4, 0.5) is 5.69 Å². The number of benzene rings is 2. The molecule has 1 unspecified atom stereocenters. The molecule has 2 heterocycles. The summed E-state index contributed by atoms with van der Waals surface area (Å²) in [7, 11) is 4.64. The Balaban J connectivity index is 1.87. The van der Waals surface area contributed by atoms with E-state index in [-0.39, 0.29) is 11.2 Å². The van der Waals surface area contributed by atoms with Crippen LogP contribution in [0.25, 0.3) is 0 Å². The van der Waals surface area contributed by atoms with Crippen molar-refractivity contribution in [1.82, 2.24) is 0 Å². The molecule has 3 aliphatic rings. The van der Waals surface area contributed by atoms with Gasteiger partial charge in [-0.25, -0.2) is 4.99 Å². The van der Waals surface area contributed by atoms with Crippen molar-refractivity contribution in [2.24, 2.45) is 16.1 Å². The Bertz CT molecular complexity index is 1430. The Kier molecular flexibility index (Phi) is 5.51. The van der Waals surface area contributed by atoms with Crippen LogP contribution in [0, 0.1) is 16.7 Å². The van der Waals surface area contributed by atoms with Crippen LogP contribution in [-0.2, 0) is 4.79 Å². The van der Waals surface area contributed by atoms with Gasteiger partial charge in [0.25, 0.3) is 0 Å². The number of amidine groups is 1. The van der Waals surface area contributed by atoms with E-state index in [9.17, 15) is 10.1 Å². The van der Waals surface area contributed by atoms with Crippen molar-refractivity contribution in [2.75, 3.05) is 26.2 Å². The third kappa shape index (κ3) is 3.42. The maximum atomic E-state index is 13.8. The highest BCUT2D eigenvalue weighted by Crippen LogP contribution is 2.54. The van der Waals surface area contributed by atoms with Crippen LogP contribution in [0.3, 0.4) is 0 Å². The molecular formula is C28H28N4O4. The molecule has 0 aromatic heterocycles. The monoisotopic (exact) mass is 484 g/mol. The maximum absolute atomic E-state index is 13.8. The summed E-state index contributed by atoms with van der Waals surface area (Å²) in [6, 6.07) is 13.5. The third-order valence-corrected chi connectivity index (χ3v) is 7.01. The first-order valence-corrected chi connectivity index (χ1v) is 11.7. The van der Waals surface area contributed by atoms with Crippen LogP contribution in [0.5, 0.6) is 17.2 Å². The van der Waals surface area contributed by atoms with E-state index in [0.717, 1.165) is 16.9 Å². The van der Waals surface area contributed by atoms with Gasteiger partial charge in [-0.05, 0) is 30.0 Å². The van der Waals surface area contributed by atoms with Crippen molar-refractivity contribution < 1.29 is 19.0 Å². The summed E-state index contributed by atoms with van der Waals surface area (Å²) in [5.41, 5.74) is 10.0. The number of aliphatic imine (C=N–C) groups is 1. The molecule has 8 nitrogen and oxygen atoms in total. The number of fused-ring (bicyclic) bond motifs is 4. The van der Waals surface area contributed by atoms with Crippen LogP contribution in [0.2, 0.25) is 0 Å². The summed E-state index contributed by atoms with van der Waals surface area (Å²) in [6.45, 7) is 4.16. The summed E-state index contributed by atoms with van der Waals surface area (Å²) >= 11 is 0. The highest BCUT2D eigenvalue weighted by molar-refractivity contribution is 6.08. The Morgan fingerprint density at radius 3 is 2.39 bits per heavy atom. The van der Waals surface area contributed by atoms with E-state index >= 15 is 0 Å². The van der Waals surface area contributed by atoms with E-state index in [1.807, 2.05) is 29.2 Å². The van der Waals surface area contributed by atoms with Gasteiger partial charge < -0.3 is 19.9 Å². The van der Waals surface area contributed by atoms with Crippen molar-refractivity contribution in [2.45, 2.75) is 32.6 Å². The van der Waals surface area contributed by atoms with E-state index in [1.54, 1.807) is 33.5 Å². The first-order chi connectivity index (χ1) is 17.2. The summed E-state index contributed by atoms with van der Waals surface area (Å²) in [5, 5.41) is 10.5. The second kappa shape index (κ2) is 8.45. The zero-order chi connectivity index (χ0) is 25.8. The van der Waals surface area contributed by atoms with Crippen LogP contribution >= 0.6 is 0 Å². The van der Waals surface area contributed by atoms with Gasteiger partial charge in [-0.3, -0.25) is 9.69 Å². The van der Waals surface area contributed by atoms with Crippen molar-refractivity contribution >= 4 is 17.3 Å². The van der Waals surface area contributed by atoms with E-state index in [2.05, 4.69) is 19.9 Å². The molecule has 2 aromatic rings. The highest BCUT2D eigenvalue weighted by Gasteiger charge is 2.47. The molecule has 184 valence electrons. The van der Waals surface area contributed by atoms with Gasteiger partial charge in [0.2, 0.25) is 0 Å². The zero-order valence-corrected chi connectivity index (χ0v) is 21.0. The summed E-state index contributed by atoms with van der Waals surface area (Å²) < 4.78 is 16.8. The van der Waals surface area contributed by atoms with Gasteiger partial charge in [0, 0.05) is 34.9 Å². The molecule has 2 aliphatic heterocycles. The van der Waals surface area contributed by atoms with E-state index in [4.69, 9.17) is 24.9 Å². The van der Waals surface area contributed by atoms with Gasteiger partial charge >= 0.3 is 0 Å². The molecule has 2 N–H and O–H groups in total. The minimum Gasteiger partial charge on any atom is -0.496 e. The lowest BCUT2D eigenvalue weighted by Gasteiger charge is -2.45. The second-order valence-electron chi connectivity index (χ2n) is 9.88. The lowest BCUT2D eigenvalue weighted by atomic mass is 9.68. The number of para-hydroxylation sites is 1. The molecule has 8 heteroatoms. The quantitative estimate of drug-likeness (QED) is 0.684. The Morgan fingerprint density at radius 1 is 1.06 bits per heavy atom. The van der Waals surface area contributed by atoms with Crippen LogP contribution in [0.15, 0.2) is 64.1 Å². The summed E-state index contributed by atoms with van der Waals surface area (Å²) in [4.78, 5) is 20.5. The second-order valence-corrected chi connectivity index (χ2v) is 9.88. The van der Waals surface area contributed by atoms with E-state index in [1.165, 1.54) is 0 Å². The average Bonchev–Trinajstić information content (AvgIpc) is 2.86. The number of hydrogen-bond acceptors (Lipinski definition) is 8. The number of ether oxygens (including phenoxy) is 3. The normalized spacial score (nSPS) is 20.1. The number of Topliss-reactive ketones (excluding diaryl/α,β-unsaturated/α-hetero) is 1. The van der Waals surface area contributed by atoms with Gasteiger partial charge in [-0.15, -0.1) is 0 Å². The lowest BCUT2D eigenvalue weighted by Crippen LogP contribution is -2.42. The molecule has 2 aromatic carbocycles. The van der Waals surface area contributed by atoms with Gasteiger partial charge in [-0.2, -0.15) is 5.26 Å². The fourth-order valence-electron chi connectivity index (χ4n) is 5.48. The van der Waals surface area contributed by atoms with E-state index < -0.39 is 5.92 Å². The molecular weight excluding hydrogens is 456 g/mol. The van der Waals surface area contributed by atoms with Crippen molar-refractivity contribution in [3.63, 3.8) is 0 Å². The predicted molar refractivity (Wildman–Crippen MR) is 136 cm³/mol. The molecule has 0 saturated heterocycles. The largest absolute Gasteiger partial charge is 0.496 e. The number of nitrogens with two attached hydrogens (primary N) is 1. The molecule has 5 rings (SSSR count). The number of nitrogens with zero attached hydrogens (tertiary/aromatic N) is 3. The third-order valence-electron chi connectivity index (χ3n) is 7.01. The first-order valence-electron chi connectivity index (χ1n) is 11.7. The Labute approximate surface area is 210 Å². The van der Waals surface area contributed by atoms with Gasteiger partial charge in [0.05, 0.1) is 44.6 Å². The minimum absolute atomic E-state index is 0.00473. The molecule has 0 fully saturated rings. The fourth-order valence-corrected chi connectivity index (χ4v) is 5.48. The van der Waals surface area contributed by atoms with Gasteiger partial charge in [0.15, 0.2) is 23.1 Å². The molecule has 1 aliphatic carbocycles. The number of carbonyl (C=O) groups is 1. The molecule has 0 spiro atoms.